The zero-order chi connectivity index (χ0) is 17.9. The SMILES string of the molecule is Cl.Cl.NC(CC(=O)N1CCCC(c2nnc3ccccn23)C1)c1ccccc1. The summed E-state index contributed by atoms with van der Waals surface area (Å²) in [4.78, 5) is 14.7. The molecule has 150 valence electrons. The Hall–Kier alpha value is -2.15. The van der Waals surface area contributed by atoms with Gasteiger partial charge in [0.1, 0.15) is 5.82 Å². The van der Waals surface area contributed by atoms with Gasteiger partial charge >= 0.3 is 0 Å². The quantitative estimate of drug-likeness (QED) is 0.700. The fourth-order valence-electron chi connectivity index (χ4n) is 3.69. The zero-order valence-corrected chi connectivity index (χ0v) is 17.1. The van der Waals surface area contributed by atoms with Gasteiger partial charge in [0.15, 0.2) is 5.65 Å². The highest BCUT2D eigenvalue weighted by Crippen LogP contribution is 2.27. The van der Waals surface area contributed by atoms with E-state index in [9.17, 15) is 4.79 Å². The van der Waals surface area contributed by atoms with Crippen molar-refractivity contribution in [2.75, 3.05) is 13.1 Å². The molecular formula is C20H25Cl2N5O. The molecule has 4 rings (SSSR count). The smallest absolute Gasteiger partial charge is 0.224 e. The molecule has 1 aliphatic rings. The molecule has 0 radical (unpaired) electrons. The first-order valence-electron chi connectivity index (χ1n) is 9.10. The molecule has 0 bridgehead atoms. The van der Waals surface area contributed by atoms with Crippen LogP contribution in [0.5, 0.6) is 0 Å². The number of hydrogen-bond donors (Lipinski definition) is 1. The lowest BCUT2D eigenvalue weighted by Crippen LogP contribution is -2.40. The van der Waals surface area contributed by atoms with Crippen LogP contribution in [0.25, 0.3) is 5.65 Å². The van der Waals surface area contributed by atoms with E-state index >= 15 is 0 Å². The number of likely N-dealkylation sites (tertiary alicyclic amines) is 1. The molecule has 2 aromatic heterocycles. The second-order valence-corrected chi connectivity index (χ2v) is 6.89. The first-order chi connectivity index (χ1) is 12.7. The van der Waals surface area contributed by atoms with Crippen molar-refractivity contribution >= 4 is 36.4 Å². The van der Waals surface area contributed by atoms with Gasteiger partial charge in [0, 0.05) is 37.7 Å². The van der Waals surface area contributed by atoms with Crippen LogP contribution in [0.3, 0.4) is 0 Å². The molecule has 3 aromatic rings. The van der Waals surface area contributed by atoms with Gasteiger partial charge in [0.25, 0.3) is 0 Å². The number of piperidine rings is 1. The van der Waals surface area contributed by atoms with Gasteiger partial charge in [-0.2, -0.15) is 0 Å². The summed E-state index contributed by atoms with van der Waals surface area (Å²) in [6.45, 7) is 1.46. The number of nitrogens with zero attached hydrogens (tertiary/aromatic N) is 4. The molecule has 2 unspecified atom stereocenters. The van der Waals surface area contributed by atoms with Crippen LogP contribution in [0.1, 0.15) is 42.6 Å². The van der Waals surface area contributed by atoms with Crippen molar-refractivity contribution in [3.63, 3.8) is 0 Å². The number of pyridine rings is 1. The van der Waals surface area contributed by atoms with Crippen LogP contribution in [0.4, 0.5) is 0 Å². The molecule has 0 saturated carbocycles. The predicted molar refractivity (Wildman–Crippen MR) is 114 cm³/mol. The molecule has 0 aliphatic carbocycles. The number of fused-ring (bicyclic) bond motifs is 1. The summed E-state index contributed by atoms with van der Waals surface area (Å²) >= 11 is 0. The molecule has 8 heteroatoms. The van der Waals surface area contributed by atoms with Gasteiger partial charge in [-0.05, 0) is 30.5 Å². The Balaban J connectivity index is 0.00000140. The highest BCUT2D eigenvalue weighted by Gasteiger charge is 2.28. The second-order valence-electron chi connectivity index (χ2n) is 6.89. The molecule has 28 heavy (non-hydrogen) atoms. The van der Waals surface area contributed by atoms with E-state index in [1.54, 1.807) is 0 Å². The standard InChI is InChI=1S/C20H23N5O.2ClH/c21-17(15-7-2-1-3-8-15)13-19(26)24-11-6-9-16(14-24)20-23-22-18-10-4-5-12-25(18)20;;/h1-5,7-8,10,12,16-17H,6,9,11,13-14,21H2;2*1H. The first-order valence-corrected chi connectivity index (χ1v) is 9.10. The van der Waals surface area contributed by atoms with Crippen molar-refractivity contribution in [2.24, 2.45) is 5.73 Å². The maximum Gasteiger partial charge on any atom is 0.224 e. The topological polar surface area (TPSA) is 76.5 Å². The number of carbonyl (C=O) groups excluding carboxylic acids is 1. The number of hydrogen-bond acceptors (Lipinski definition) is 4. The molecule has 0 spiro atoms. The molecule has 6 nitrogen and oxygen atoms in total. The third kappa shape index (κ3) is 4.63. The average molecular weight is 422 g/mol. The Bertz CT molecular complexity index is 902. The Morgan fingerprint density at radius 3 is 2.64 bits per heavy atom. The monoisotopic (exact) mass is 421 g/mol. The maximum atomic E-state index is 12.8. The summed E-state index contributed by atoms with van der Waals surface area (Å²) in [5.74, 6) is 1.25. The summed E-state index contributed by atoms with van der Waals surface area (Å²) < 4.78 is 2.02. The highest BCUT2D eigenvalue weighted by molar-refractivity contribution is 5.85. The molecule has 1 aliphatic heterocycles. The molecule has 2 N–H and O–H groups in total. The van der Waals surface area contributed by atoms with E-state index in [1.807, 2.05) is 64.0 Å². The van der Waals surface area contributed by atoms with Gasteiger partial charge < -0.3 is 10.6 Å². The van der Waals surface area contributed by atoms with Crippen molar-refractivity contribution < 1.29 is 4.79 Å². The van der Waals surface area contributed by atoms with Gasteiger partial charge in [-0.3, -0.25) is 9.20 Å². The van der Waals surface area contributed by atoms with Crippen molar-refractivity contribution in [2.45, 2.75) is 31.2 Å². The van der Waals surface area contributed by atoms with Crippen molar-refractivity contribution in [3.05, 3.63) is 66.1 Å². The van der Waals surface area contributed by atoms with E-state index < -0.39 is 0 Å². The van der Waals surface area contributed by atoms with Crippen LogP contribution in [0, 0.1) is 0 Å². The Morgan fingerprint density at radius 2 is 1.86 bits per heavy atom. The lowest BCUT2D eigenvalue weighted by atomic mass is 9.96. The Kier molecular flexibility index (Phi) is 7.80. The maximum absolute atomic E-state index is 12.8. The number of benzene rings is 1. The van der Waals surface area contributed by atoms with E-state index in [4.69, 9.17) is 5.73 Å². The molecule has 2 atom stereocenters. The van der Waals surface area contributed by atoms with Gasteiger partial charge in [0.2, 0.25) is 5.91 Å². The molecule has 1 amide bonds. The number of nitrogens with two attached hydrogens (primary N) is 1. The van der Waals surface area contributed by atoms with E-state index in [0.717, 1.165) is 36.4 Å². The van der Waals surface area contributed by atoms with Gasteiger partial charge in [-0.1, -0.05) is 36.4 Å². The van der Waals surface area contributed by atoms with Crippen molar-refractivity contribution in [1.29, 1.82) is 0 Å². The normalized spacial score (nSPS) is 17.5. The van der Waals surface area contributed by atoms with Crippen molar-refractivity contribution in [1.82, 2.24) is 19.5 Å². The number of aromatic nitrogens is 3. The van der Waals surface area contributed by atoms with Gasteiger partial charge in [0.05, 0.1) is 0 Å². The minimum Gasteiger partial charge on any atom is -0.342 e. The van der Waals surface area contributed by atoms with E-state index in [-0.39, 0.29) is 42.7 Å². The number of rotatable bonds is 4. The Labute approximate surface area is 176 Å². The minimum atomic E-state index is -0.266. The van der Waals surface area contributed by atoms with E-state index in [1.165, 1.54) is 0 Å². The van der Waals surface area contributed by atoms with Crippen LogP contribution >= 0.6 is 24.8 Å². The third-order valence-corrected chi connectivity index (χ3v) is 5.10. The number of carbonyl (C=O) groups is 1. The lowest BCUT2D eigenvalue weighted by Gasteiger charge is -2.32. The van der Waals surface area contributed by atoms with Crippen LogP contribution in [-0.2, 0) is 4.79 Å². The van der Waals surface area contributed by atoms with Gasteiger partial charge in [-0.15, -0.1) is 35.0 Å². The van der Waals surface area contributed by atoms with E-state index in [2.05, 4.69) is 10.2 Å². The molecule has 1 saturated heterocycles. The molecule has 1 fully saturated rings. The predicted octanol–water partition coefficient (Wildman–Crippen LogP) is 3.37. The highest BCUT2D eigenvalue weighted by atomic mass is 35.5. The molecular weight excluding hydrogens is 397 g/mol. The fourth-order valence-corrected chi connectivity index (χ4v) is 3.69. The molecule has 3 heterocycles. The van der Waals surface area contributed by atoms with E-state index in [0.29, 0.717) is 13.0 Å². The van der Waals surface area contributed by atoms with Crippen LogP contribution in [0.2, 0.25) is 0 Å². The van der Waals surface area contributed by atoms with Gasteiger partial charge in [-0.25, -0.2) is 0 Å². The number of amides is 1. The summed E-state index contributed by atoms with van der Waals surface area (Å²) in [6, 6.07) is 15.4. The third-order valence-electron chi connectivity index (χ3n) is 5.10. The Morgan fingerprint density at radius 1 is 1.11 bits per heavy atom. The molecule has 1 aromatic carbocycles. The van der Waals surface area contributed by atoms with Crippen LogP contribution in [0.15, 0.2) is 54.7 Å². The summed E-state index contributed by atoms with van der Waals surface area (Å²) in [5, 5.41) is 8.61. The second kappa shape index (κ2) is 9.87. The minimum absolute atomic E-state index is 0. The van der Waals surface area contributed by atoms with Crippen molar-refractivity contribution in [3.8, 4) is 0 Å². The summed E-state index contributed by atoms with van der Waals surface area (Å²) in [5.41, 5.74) is 8.07. The first kappa shape index (κ1) is 22.1. The average Bonchev–Trinajstić information content (AvgIpc) is 3.13. The largest absolute Gasteiger partial charge is 0.342 e. The van der Waals surface area contributed by atoms with Crippen LogP contribution in [-0.4, -0.2) is 38.5 Å². The van der Waals surface area contributed by atoms with Crippen LogP contribution < -0.4 is 5.73 Å². The lowest BCUT2D eigenvalue weighted by molar-refractivity contribution is -0.132. The number of halogens is 2. The zero-order valence-electron chi connectivity index (χ0n) is 15.5. The fraction of sp³-hybridized carbons (Fsp3) is 0.350. The summed E-state index contributed by atoms with van der Waals surface area (Å²) in [6.07, 6.45) is 4.30. The summed E-state index contributed by atoms with van der Waals surface area (Å²) in [7, 11) is 0.